The van der Waals surface area contributed by atoms with Crippen LogP contribution in [0, 0.1) is 0 Å². The van der Waals surface area contributed by atoms with Crippen LogP contribution in [-0.2, 0) is 0 Å². The van der Waals surface area contributed by atoms with E-state index in [9.17, 15) is 0 Å². The normalized spacial score (nSPS) is 15.7. The van der Waals surface area contributed by atoms with Crippen molar-refractivity contribution < 1.29 is 0 Å². The summed E-state index contributed by atoms with van der Waals surface area (Å²) in [5, 5.41) is 3.15. The molecule has 0 rings (SSSR count). The summed E-state index contributed by atoms with van der Waals surface area (Å²) in [4.78, 5) is 0. The summed E-state index contributed by atoms with van der Waals surface area (Å²) in [6.45, 7) is 6.23. The lowest BCUT2D eigenvalue weighted by Crippen LogP contribution is -2.55. The maximum absolute atomic E-state index is 5.24. The molecule has 0 amide bonds. The number of hydrogen-bond donors (Lipinski definition) is 3. The van der Waals surface area contributed by atoms with E-state index in [4.69, 9.17) is 5.84 Å². The summed E-state index contributed by atoms with van der Waals surface area (Å²) in [6.07, 6.45) is 0. The van der Waals surface area contributed by atoms with E-state index >= 15 is 0 Å². The Kier molecular flexibility index (Phi) is 3.11. The second-order valence-electron chi connectivity index (χ2n) is 2.86. The molecule has 56 valence electrons. The molecule has 9 heavy (non-hydrogen) atoms. The summed E-state index contributed by atoms with van der Waals surface area (Å²) in [7, 11) is 1.92. The number of nitrogens with two attached hydrogens (primary N) is 1. The molecule has 0 fully saturated rings. The predicted octanol–water partition coefficient (Wildman–Crippen LogP) is -0.164. The first kappa shape index (κ1) is 8.88. The van der Waals surface area contributed by atoms with Crippen LogP contribution in [0.15, 0.2) is 0 Å². The number of nitrogens with one attached hydrogen (secondary N) is 2. The second kappa shape index (κ2) is 3.15. The van der Waals surface area contributed by atoms with Gasteiger partial charge in [-0.2, -0.15) is 0 Å². The molecule has 4 N–H and O–H groups in total. The van der Waals surface area contributed by atoms with E-state index < -0.39 is 0 Å². The SMILES string of the molecule is CNC(C)(C)C(C)NN. The molecule has 1 unspecified atom stereocenters. The second-order valence-corrected chi connectivity index (χ2v) is 2.86. The van der Waals surface area contributed by atoms with E-state index in [2.05, 4.69) is 24.6 Å². The number of likely N-dealkylation sites (N-methyl/N-ethyl adjacent to an activating group) is 1. The fourth-order valence-corrected chi connectivity index (χ4v) is 0.425. The first-order chi connectivity index (χ1) is 4.04. The van der Waals surface area contributed by atoms with Crippen LogP contribution in [0.2, 0.25) is 0 Å². The monoisotopic (exact) mass is 131 g/mol. The van der Waals surface area contributed by atoms with Crippen LogP contribution in [0.3, 0.4) is 0 Å². The molecule has 0 bridgehead atoms. The lowest BCUT2D eigenvalue weighted by Gasteiger charge is -2.30. The van der Waals surface area contributed by atoms with Gasteiger partial charge >= 0.3 is 0 Å². The highest BCUT2D eigenvalue weighted by molar-refractivity contribution is 4.85. The number of hydrogen-bond acceptors (Lipinski definition) is 3. The Bertz CT molecular complexity index is 80.4. The van der Waals surface area contributed by atoms with Gasteiger partial charge in [0.05, 0.1) is 0 Å². The van der Waals surface area contributed by atoms with Crippen molar-refractivity contribution in [3.63, 3.8) is 0 Å². The molecular formula is C6H17N3. The smallest absolute Gasteiger partial charge is 0.0358 e. The number of rotatable bonds is 3. The van der Waals surface area contributed by atoms with Crippen LogP contribution < -0.4 is 16.6 Å². The van der Waals surface area contributed by atoms with Gasteiger partial charge in [0.25, 0.3) is 0 Å². The maximum Gasteiger partial charge on any atom is 0.0358 e. The average Bonchev–Trinajstić information content (AvgIpc) is 1.86. The number of hydrazine groups is 1. The predicted molar refractivity (Wildman–Crippen MR) is 39.9 cm³/mol. The molecule has 1 atom stereocenters. The van der Waals surface area contributed by atoms with Crippen molar-refractivity contribution in [1.82, 2.24) is 10.7 Å². The molecule has 0 aromatic carbocycles. The third-order valence-corrected chi connectivity index (χ3v) is 1.98. The zero-order valence-corrected chi connectivity index (χ0v) is 6.65. The minimum absolute atomic E-state index is 0.0642. The molecule has 0 spiro atoms. The minimum Gasteiger partial charge on any atom is -0.313 e. The molecule has 0 aliphatic rings. The van der Waals surface area contributed by atoms with E-state index in [0.29, 0.717) is 0 Å². The standard InChI is InChI=1S/C6H17N3/c1-5(9-7)6(2,3)8-4/h5,8-9H,7H2,1-4H3. The fourth-order valence-electron chi connectivity index (χ4n) is 0.425. The molecule has 0 aliphatic heterocycles. The van der Waals surface area contributed by atoms with Gasteiger partial charge < -0.3 is 5.32 Å². The molecule has 0 radical (unpaired) electrons. The Morgan fingerprint density at radius 1 is 1.44 bits per heavy atom. The average molecular weight is 131 g/mol. The van der Waals surface area contributed by atoms with E-state index in [1.165, 1.54) is 0 Å². The summed E-state index contributed by atoms with van der Waals surface area (Å²) in [6, 6.07) is 0.280. The molecular weight excluding hydrogens is 114 g/mol. The third-order valence-electron chi connectivity index (χ3n) is 1.98. The van der Waals surface area contributed by atoms with E-state index in [-0.39, 0.29) is 11.6 Å². The van der Waals surface area contributed by atoms with E-state index in [1.54, 1.807) is 0 Å². The molecule has 0 heterocycles. The zero-order chi connectivity index (χ0) is 7.49. The quantitative estimate of drug-likeness (QED) is 0.368. The summed E-state index contributed by atoms with van der Waals surface area (Å²) >= 11 is 0. The van der Waals surface area contributed by atoms with Crippen molar-refractivity contribution in [3.05, 3.63) is 0 Å². The van der Waals surface area contributed by atoms with Crippen LogP contribution in [0.4, 0.5) is 0 Å². The molecule has 0 aromatic rings. The van der Waals surface area contributed by atoms with Gasteiger partial charge in [0, 0.05) is 11.6 Å². The largest absolute Gasteiger partial charge is 0.313 e. The Hall–Kier alpha value is -0.120. The summed E-state index contributed by atoms with van der Waals surface area (Å²) in [5.41, 5.74) is 2.76. The van der Waals surface area contributed by atoms with Gasteiger partial charge in [-0.25, -0.2) is 0 Å². The van der Waals surface area contributed by atoms with Crippen molar-refractivity contribution in [2.24, 2.45) is 5.84 Å². The highest BCUT2D eigenvalue weighted by Gasteiger charge is 2.21. The van der Waals surface area contributed by atoms with Crippen LogP contribution in [-0.4, -0.2) is 18.6 Å². The molecule has 0 aromatic heterocycles. The molecule has 0 aliphatic carbocycles. The van der Waals surface area contributed by atoms with Crippen LogP contribution in [0.25, 0.3) is 0 Å². The highest BCUT2D eigenvalue weighted by atomic mass is 15.3. The van der Waals surface area contributed by atoms with Crippen molar-refractivity contribution in [2.45, 2.75) is 32.4 Å². The lowest BCUT2D eigenvalue weighted by atomic mass is 9.97. The maximum atomic E-state index is 5.24. The van der Waals surface area contributed by atoms with Gasteiger partial charge in [0.1, 0.15) is 0 Å². The zero-order valence-electron chi connectivity index (χ0n) is 6.65. The first-order valence-corrected chi connectivity index (χ1v) is 3.19. The van der Waals surface area contributed by atoms with Crippen molar-refractivity contribution in [2.75, 3.05) is 7.05 Å². The fraction of sp³-hybridized carbons (Fsp3) is 1.00. The van der Waals surface area contributed by atoms with Crippen molar-refractivity contribution >= 4 is 0 Å². The van der Waals surface area contributed by atoms with Crippen LogP contribution in [0.5, 0.6) is 0 Å². The molecule has 3 heteroatoms. The summed E-state index contributed by atoms with van der Waals surface area (Å²) < 4.78 is 0. The Balaban J connectivity index is 3.80. The van der Waals surface area contributed by atoms with Gasteiger partial charge in [0.2, 0.25) is 0 Å². The molecule has 0 saturated carbocycles. The minimum atomic E-state index is 0.0642. The molecule has 0 saturated heterocycles. The third kappa shape index (κ3) is 2.30. The van der Waals surface area contributed by atoms with Gasteiger partial charge in [-0.1, -0.05) is 0 Å². The van der Waals surface area contributed by atoms with Gasteiger partial charge in [-0.15, -0.1) is 0 Å². The van der Waals surface area contributed by atoms with Gasteiger partial charge in [-0.05, 0) is 27.8 Å². The lowest BCUT2D eigenvalue weighted by molar-refractivity contribution is 0.313. The Morgan fingerprint density at radius 2 is 1.89 bits per heavy atom. The summed E-state index contributed by atoms with van der Waals surface area (Å²) in [5.74, 6) is 5.24. The molecule has 3 nitrogen and oxygen atoms in total. The van der Waals surface area contributed by atoms with Crippen molar-refractivity contribution in [1.29, 1.82) is 0 Å². The first-order valence-electron chi connectivity index (χ1n) is 3.19. The Morgan fingerprint density at radius 3 is 2.00 bits per heavy atom. The topological polar surface area (TPSA) is 50.1 Å². The van der Waals surface area contributed by atoms with Gasteiger partial charge in [0.15, 0.2) is 0 Å². The van der Waals surface area contributed by atoms with E-state index in [1.807, 2.05) is 14.0 Å². The Labute approximate surface area is 57.0 Å². The van der Waals surface area contributed by atoms with Crippen LogP contribution >= 0.6 is 0 Å². The van der Waals surface area contributed by atoms with Crippen LogP contribution in [0.1, 0.15) is 20.8 Å². The van der Waals surface area contributed by atoms with Gasteiger partial charge in [-0.3, -0.25) is 11.3 Å². The highest BCUT2D eigenvalue weighted by Crippen LogP contribution is 2.05. The van der Waals surface area contributed by atoms with E-state index in [0.717, 1.165) is 0 Å². The van der Waals surface area contributed by atoms with Crippen molar-refractivity contribution in [3.8, 4) is 0 Å².